The highest BCUT2D eigenvalue weighted by atomic mass is 35.5. The zero-order valence-corrected chi connectivity index (χ0v) is 15.2. The third kappa shape index (κ3) is 3.57. The Labute approximate surface area is 145 Å². The Morgan fingerprint density at radius 3 is 2.71 bits per heavy atom. The summed E-state index contributed by atoms with van der Waals surface area (Å²) < 4.78 is 52.3. The molecule has 1 aliphatic heterocycles. The van der Waals surface area contributed by atoms with Gasteiger partial charge in [-0.15, -0.1) is 0 Å². The van der Waals surface area contributed by atoms with E-state index in [9.17, 15) is 16.8 Å². The zero-order valence-electron chi connectivity index (χ0n) is 12.8. The highest BCUT2D eigenvalue weighted by Gasteiger charge is 2.32. The molecule has 7 nitrogen and oxygen atoms in total. The van der Waals surface area contributed by atoms with Crippen molar-refractivity contribution in [1.29, 1.82) is 0 Å². The maximum atomic E-state index is 12.5. The maximum absolute atomic E-state index is 12.5. The molecule has 0 saturated carbocycles. The van der Waals surface area contributed by atoms with Crippen molar-refractivity contribution in [2.75, 3.05) is 16.2 Å². The summed E-state index contributed by atoms with van der Waals surface area (Å²) in [5.74, 6) is 0.284. The molecule has 0 radical (unpaired) electrons. The van der Waals surface area contributed by atoms with Crippen LogP contribution < -0.4 is 4.72 Å². The van der Waals surface area contributed by atoms with E-state index in [-0.39, 0.29) is 28.3 Å². The number of halogens is 1. The van der Waals surface area contributed by atoms with Crippen molar-refractivity contribution in [2.24, 2.45) is 0 Å². The normalized spacial score (nSPS) is 20.2. The first-order chi connectivity index (χ1) is 11.2. The van der Waals surface area contributed by atoms with Crippen LogP contribution in [0.3, 0.4) is 0 Å². The molecule has 0 unspecified atom stereocenters. The lowest BCUT2D eigenvalue weighted by atomic mass is 10.3. The first-order valence-corrected chi connectivity index (χ1v) is 10.9. The number of benzene rings is 1. The standard InChI is InChI=1S/C14H16ClN3O4S2/c1-10-7-14(18(16-10)12-5-6-23(19,20)9-12)17-24(21,22)13-4-2-3-11(15)8-13/h2-4,7-8,12,17H,5-6,9H2,1H3/t12-/m1/s1. The predicted molar refractivity (Wildman–Crippen MR) is 91.5 cm³/mol. The minimum atomic E-state index is -3.85. The molecular formula is C14H16ClN3O4S2. The van der Waals surface area contributed by atoms with E-state index in [1.165, 1.54) is 16.8 Å². The first kappa shape index (κ1) is 17.2. The number of nitrogens with one attached hydrogen (secondary N) is 1. The zero-order chi connectivity index (χ0) is 17.5. The van der Waals surface area contributed by atoms with Crippen molar-refractivity contribution >= 4 is 37.3 Å². The third-order valence-electron chi connectivity index (χ3n) is 3.76. The molecule has 10 heteroatoms. The molecule has 24 heavy (non-hydrogen) atoms. The number of nitrogens with zero attached hydrogens (tertiary/aromatic N) is 2. The van der Waals surface area contributed by atoms with Crippen LogP contribution in [0.2, 0.25) is 5.02 Å². The van der Waals surface area contributed by atoms with E-state index < -0.39 is 19.9 Å². The summed E-state index contributed by atoms with van der Waals surface area (Å²) in [6, 6.07) is 7.11. The molecule has 1 saturated heterocycles. The molecule has 2 heterocycles. The molecular weight excluding hydrogens is 374 g/mol. The second kappa shape index (κ2) is 6.05. The summed E-state index contributed by atoms with van der Waals surface area (Å²) in [6.07, 6.45) is 0.412. The molecule has 1 aromatic heterocycles. The average Bonchev–Trinajstić information content (AvgIpc) is 3.01. The van der Waals surface area contributed by atoms with Gasteiger partial charge in [-0.2, -0.15) is 5.10 Å². The van der Waals surface area contributed by atoms with Crippen LogP contribution in [0.15, 0.2) is 35.2 Å². The van der Waals surface area contributed by atoms with E-state index in [0.29, 0.717) is 17.1 Å². The Morgan fingerprint density at radius 1 is 1.33 bits per heavy atom. The Bertz CT molecular complexity index is 983. The van der Waals surface area contributed by atoms with E-state index in [1.807, 2.05) is 0 Å². The van der Waals surface area contributed by atoms with Crippen LogP contribution in [0.5, 0.6) is 0 Å². The van der Waals surface area contributed by atoms with Crippen LogP contribution >= 0.6 is 11.6 Å². The molecule has 2 aromatic rings. The SMILES string of the molecule is Cc1cc(NS(=O)(=O)c2cccc(Cl)c2)n([C@@H]2CCS(=O)(=O)C2)n1. The van der Waals surface area contributed by atoms with Gasteiger partial charge in [0, 0.05) is 11.1 Å². The second-order valence-electron chi connectivity index (χ2n) is 5.74. The monoisotopic (exact) mass is 389 g/mol. The fourth-order valence-corrected chi connectivity index (χ4v) is 5.70. The quantitative estimate of drug-likeness (QED) is 0.862. The van der Waals surface area contributed by atoms with Gasteiger partial charge in [0.05, 0.1) is 28.1 Å². The lowest BCUT2D eigenvalue weighted by Crippen LogP contribution is -2.20. The number of rotatable bonds is 4. The van der Waals surface area contributed by atoms with Crippen molar-refractivity contribution in [3.63, 3.8) is 0 Å². The largest absolute Gasteiger partial charge is 0.264 e. The van der Waals surface area contributed by atoms with Crippen molar-refractivity contribution < 1.29 is 16.8 Å². The Morgan fingerprint density at radius 2 is 2.08 bits per heavy atom. The van der Waals surface area contributed by atoms with Crippen molar-refractivity contribution in [3.05, 3.63) is 41.0 Å². The molecule has 0 spiro atoms. The summed E-state index contributed by atoms with van der Waals surface area (Å²) in [6.45, 7) is 1.72. The number of hydrogen-bond donors (Lipinski definition) is 1. The highest BCUT2D eigenvalue weighted by molar-refractivity contribution is 7.92. The number of aryl methyl sites for hydroxylation is 1. The van der Waals surface area contributed by atoms with Crippen LogP contribution in [0.1, 0.15) is 18.2 Å². The maximum Gasteiger partial charge on any atom is 0.263 e. The Kier molecular flexibility index (Phi) is 4.35. The second-order valence-corrected chi connectivity index (χ2v) is 10.1. The number of sulfonamides is 1. The van der Waals surface area contributed by atoms with Crippen molar-refractivity contribution in [1.82, 2.24) is 9.78 Å². The van der Waals surface area contributed by atoms with Crippen LogP contribution in [-0.2, 0) is 19.9 Å². The third-order valence-corrected chi connectivity index (χ3v) is 7.10. The molecule has 130 valence electrons. The number of anilines is 1. The lowest BCUT2D eigenvalue weighted by molar-refractivity contribution is 0.503. The molecule has 1 atom stereocenters. The minimum Gasteiger partial charge on any atom is -0.264 e. The molecule has 3 rings (SSSR count). The van der Waals surface area contributed by atoms with Gasteiger partial charge in [-0.1, -0.05) is 17.7 Å². The van der Waals surface area contributed by atoms with Crippen LogP contribution in [0.25, 0.3) is 0 Å². The molecule has 0 aliphatic carbocycles. The van der Waals surface area contributed by atoms with E-state index in [4.69, 9.17) is 11.6 Å². The van der Waals surface area contributed by atoms with E-state index in [0.717, 1.165) is 0 Å². The van der Waals surface area contributed by atoms with Gasteiger partial charge in [0.15, 0.2) is 9.84 Å². The highest BCUT2D eigenvalue weighted by Crippen LogP contribution is 2.28. The minimum absolute atomic E-state index is 0.0273. The summed E-state index contributed by atoms with van der Waals surface area (Å²) in [4.78, 5) is 0.0273. The molecule has 1 N–H and O–H groups in total. The van der Waals surface area contributed by atoms with Crippen LogP contribution in [0, 0.1) is 6.92 Å². The predicted octanol–water partition coefficient (Wildman–Crippen LogP) is 2.01. The van der Waals surface area contributed by atoms with Gasteiger partial charge >= 0.3 is 0 Å². The van der Waals surface area contributed by atoms with E-state index >= 15 is 0 Å². The lowest BCUT2D eigenvalue weighted by Gasteiger charge is -2.14. The molecule has 0 bridgehead atoms. The smallest absolute Gasteiger partial charge is 0.263 e. The van der Waals surface area contributed by atoms with Crippen LogP contribution in [-0.4, -0.2) is 38.1 Å². The Hall–Kier alpha value is -1.58. The summed E-state index contributed by atoms with van der Waals surface area (Å²) >= 11 is 5.85. The Balaban J connectivity index is 1.94. The van der Waals surface area contributed by atoms with Crippen LogP contribution in [0.4, 0.5) is 5.82 Å². The van der Waals surface area contributed by atoms with Gasteiger partial charge in [0.1, 0.15) is 5.82 Å². The van der Waals surface area contributed by atoms with Crippen molar-refractivity contribution in [2.45, 2.75) is 24.3 Å². The number of sulfone groups is 1. The fraction of sp³-hybridized carbons (Fsp3) is 0.357. The number of hydrogen-bond acceptors (Lipinski definition) is 5. The van der Waals surface area contributed by atoms with Gasteiger partial charge in [0.25, 0.3) is 10.0 Å². The van der Waals surface area contributed by atoms with Gasteiger partial charge in [-0.3, -0.25) is 4.72 Å². The summed E-state index contributed by atoms with van der Waals surface area (Å²) in [7, 11) is -6.96. The molecule has 1 fully saturated rings. The summed E-state index contributed by atoms with van der Waals surface area (Å²) in [5, 5.41) is 4.56. The molecule has 1 aromatic carbocycles. The van der Waals surface area contributed by atoms with Gasteiger partial charge in [0.2, 0.25) is 0 Å². The first-order valence-electron chi connectivity index (χ1n) is 7.21. The van der Waals surface area contributed by atoms with Gasteiger partial charge in [-0.25, -0.2) is 21.5 Å². The number of aromatic nitrogens is 2. The average molecular weight is 390 g/mol. The topological polar surface area (TPSA) is 98.1 Å². The fourth-order valence-electron chi connectivity index (χ4n) is 2.67. The molecule has 1 aliphatic rings. The summed E-state index contributed by atoms with van der Waals surface area (Å²) in [5.41, 5.74) is 0.600. The van der Waals surface area contributed by atoms with Gasteiger partial charge < -0.3 is 0 Å². The van der Waals surface area contributed by atoms with E-state index in [2.05, 4.69) is 9.82 Å². The molecule has 0 amide bonds. The van der Waals surface area contributed by atoms with E-state index in [1.54, 1.807) is 25.1 Å². The van der Waals surface area contributed by atoms with Gasteiger partial charge in [-0.05, 0) is 31.5 Å². The van der Waals surface area contributed by atoms with Crippen molar-refractivity contribution in [3.8, 4) is 0 Å².